The minimum Gasteiger partial charge on any atom is -0.396 e. The number of nitrogen functional groups attached to an aromatic ring is 1. The van der Waals surface area contributed by atoms with Crippen LogP contribution in [0.5, 0.6) is 0 Å². The van der Waals surface area contributed by atoms with Crippen molar-refractivity contribution in [1.29, 1.82) is 0 Å². The van der Waals surface area contributed by atoms with Crippen molar-refractivity contribution in [2.75, 3.05) is 30.8 Å². The maximum Gasteiger partial charge on any atom is 0.222 e. The molecular formula is C19H24N6O2. The van der Waals surface area contributed by atoms with E-state index in [0.29, 0.717) is 18.8 Å². The molecule has 142 valence electrons. The summed E-state index contributed by atoms with van der Waals surface area (Å²) in [5.41, 5.74) is 8.67. The molecule has 0 radical (unpaired) electrons. The summed E-state index contributed by atoms with van der Waals surface area (Å²) in [5.74, 6) is 0.900. The van der Waals surface area contributed by atoms with E-state index in [4.69, 9.17) is 15.6 Å². The highest BCUT2D eigenvalue weighted by Crippen LogP contribution is 2.31. The van der Waals surface area contributed by atoms with Gasteiger partial charge in [-0.3, -0.25) is 0 Å². The van der Waals surface area contributed by atoms with Gasteiger partial charge in [-0.1, -0.05) is 6.07 Å². The van der Waals surface area contributed by atoms with E-state index >= 15 is 0 Å². The lowest BCUT2D eigenvalue weighted by Crippen LogP contribution is -2.19. The monoisotopic (exact) mass is 368 g/mol. The highest BCUT2D eigenvalue weighted by Gasteiger charge is 2.20. The highest BCUT2D eigenvalue weighted by molar-refractivity contribution is 5.92. The lowest BCUT2D eigenvalue weighted by Gasteiger charge is -2.24. The second-order valence-electron chi connectivity index (χ2n) is 6.65. The third-order valence-corrected chi connectivity index (χ3v) is 4.74. The molecule has 1 unspecified atom stereocenters. The second-order valence-corrected chi connectivity index (χ2v) is 6.65. The average molecular weight is 368 g/mol. The van der Waals surface area contributed by atoms with E-state index in [2.05, 4.69) is 20.4 Å². The van der Waals surface area contributed by atoms with Crippen molar-refractivity contribution in [3.8, 4) is 11.3 Å². The zero-order chi connectivity index (χ0) is 18.6. The molecule has 1 saturated heterocycles. The topological polar surface area (TPSA) is 111 Å². The van der Waals surface area contributed by atoms with Gasteiger partial charge in [0.15, 0.2) is 6.23 Å². The Labute approximate surface area is 157 Å². The van der Waals surface area contributed by atoms with Crippen LogP contribution in [0.25, 0.3) is 22.2 Å². The first-order valence-corrected chi connectivity index (χ1v) is 9.34. The minimum absolute atomic E-state index is 0.0226. The molecule has 0 spiro atoms. The van der Waals surface area contributed by atoms with Gasteiger partial charge in [-0.15, -0.1) is 0 Å². The Kier molecular flexibility index (Phi) is 5.17. The van der Waals surface area contributed by atoms with Gasteiger partial charge < -0.3 is 20.9 Å². The molecule has 4 N–H and O–H groups in total. The van der Waals surface area contributed by atoms with Crippen LogP contribution < -0.4 is 11.1 Å². The van der Waals surface area contributed by atoms with Crippen LogP contribution in [0.2, 0.25) is 0 Å². The number of aromatic nitrogens is 4. The molecule has 1 atom stereocenters. The quantitative estimate of drug-likeness (QED) is 0.573. The fraction of sp³-hybridized carbons (Fsp3) is 0.421. The molecule has 27 heavy (non-hydrogen) atoms. The second kappa shape index (κ2) is 7.89. The standard InChI is InChI=1S/C19H24N6O2/c20-19-23-15-12-13(5-6-14(15)18(24-19)21-8-3-10-26)16-7-9-22-25(16)17-4-1-2-11-27-17/h5-7,9,12,17,26H,1-4,8,10-11H2,(H3,20,21,23,24). The summed E-state index contributed by atoms with van der Waals surface area (Å²) >= 11 is 0. The molecule has 8 nitrogen and oxygen atoms in total. The molecule has 0 bridgehead atoms. The predicted octanol–water partition coefficient (Wildman–Crippen LogP) is 2.57. The third-order valence-electron chi connectivity index (χ3n) is 4.74. The van der Waals surface area contributed by atoms with Crippen LogP contribution in [-0.4, -0.2) is 44.6 Å². The number of hydrogen-bond donors (Lipinski definition) is 3. The molecule has 1 aliphatic heterocycles. The van der Waals surface area contributed by atoms with Crippen molar-refractivity contribution >= 4 is 22.7 Å². The van der Waals surface area contributed by atoms with Gasteiger partial charge in [0.05, 0.1) is 11.2 Å². The van der Waals surface area contributed by atoms with E-state index in [0.717, 1.165) is 48.0 Å². The molecule has 0 saturated carbocycles. The number of aliphatic hydroxyl groups is 1. The Morgan fingerprint density at radius 3 is 3.00 bits per heavy atom. The number of rotatable bonds is 6. The van der Waals surface area contributed by atoms with E-state index in [1.165, 1.54) is 0 Å². The van der Waals surface area contributed by atoms with E-state index in [9.17, 15) is 0 Å². The van der Waals surface area contributed by atoms with Crippen molar-refractivity contribution in [3.05, 3.63) is 30.5 Å². The van der Waals surface area contributed by atoms with Crippen LogP contribution in [0, 0.1) is 0 Å². The number of nitrogens with two attached hydrogens (primary N) is 1. The summed E-state index contributed by atoms with van der Waals surface area (Å²) in [5, 5.41) is 17.6. The van der Waals surface area contributed by atoms with Gasteiger partial charge in [0.2, 0.25) is 5.95 Å². The fourth-order valence-electron chi connectivity index (χ4n) is 3.42. The molecule has 1 aromatic carbocycles. The van der Waals surface area contributed by atoms with Crippen molar-refractivity contribution in [1.82, 2.24) is 19.7 Å². The number of hydrogen-bond acceptors (Lipinski definition) is 7. The molecular weight excluding hydrogens is 344 g/mol. The number of aliphatic hydroxyl groups excluding tert-OH is 1. The first-order valence-electron chi connectivity index (χ1n) is 9.34. The molecule has 3 heterocycles. The number of ether oxygens (including phenoxy) is 1. The van der Waals surface area contributed by atoms with E-state index < -0.39 is 0 Å². The van der Waals surface area contributed by atoms with Gasteiger partial charge in [-0.25, -0.2) is 9.67 Å². The Bertz CT molecular complexity index is 920. The number of benzene rings is 1. The number of nitrogens with zero attached hydrogens (tertiary/aromatic N) is 4. The van der Waals surface area contributed by atoms with Crippen molar-refractivity contribution in [3.63, 3.8) is 0 Å². The predicted molar refractivity (Wildman–Crippen MR) is 104 cm³/mol. The van der Waals surface area contributed by atoms with Gasteiger partial charge in [-0.2, -0.15) is 10.1 Å². The Morgan fingerprint density at radius 1 is 1.26 bits per heavy atom. The molecule has 1 fully saturated rings. The van der Waals surface area contributed by atoms with Crippen LogP contribution in [0.3, 0.4) is 0 Å². The number of fused-ring (bicyclic) bond motifs is 1. The van der Waals surface area contributed by atoms with E-state index in [1.54, 1.807) is 6.20 Å². The summed E-state index contributed by atoms with van der Waals surface area (Å²) in [6.07, 6.45) is 5.64. The zero-order valence-corrected chi connectivity index (χ0v) is 15.1. The first-order chi connectivity index (χ1) is 13.3. The maximum absolute atomic E-state index is 8.97. The number of nitrogens with one attached hydrogen (secondary N) is 1. The number of anilines is 2. The van der Waals surface area contributed by atoms with Crippen molar-refractivity contribution in [2.45, 2.75) is 31.9 Å². The molecule has 2 aromatic heterocycles. The summed E-state index contributed by atoms with van der Waals surface area (Å²) < 4.78 is 7.84. The largest absolute Gasteiger partial charge is 0.396 e. The summed E-state index contributed by atoms with van der Waals surface area (Å²) in [6.45, 7) is 1.52. The van der Waals surface area contributed by atoms with Gasteiger partial charge in [0, 0.05) is 36.9 Å². The highest BCUT2D eigenvalue weighted by atomic mass is 16.5. The fourth-order valence-corrected chi connectivity index (χ4v) is 3.42. The van der Waals surface area contributed by atoms with Crippen LogP contribution in [0.15, 0.2) is 30.5 Å². The Balaban J connectivity index is 1.69. The van der Waals surface area contributed by atoms with Gasteiger partial charge >= 0.3 is 0 Å². The molecule has 3 aromatic rings. The van der Waals surface area contributed by atoms with Crippen molar-refractivity contribution in [2.24, 2.45) is 0 Å². The van der Waals surface area contributed by atoms with Gasteiger partial charge in [0.25, 0.3) is 0 Å². The average Bonchev–Trinajstić information content (AvgIpc) is 3.18. The molecule has 8 heteroatoms. The summed E-state index contributed by atoms with van der Waals surface area (Å²) in [4.78, 5) is 8.69. The van der Waals surface area contributed by atoms with Gasteiger partial charge in [0.1, 0.15) is 5.82 Å². The van der Waals surface area contributed by atoms with Crippen LogP contribution in [0.4, 0.5) is 11.8 Å². The zero-order valence-electron chi connectivity index (χ0n) is 15.1. The minimum atomic E-state index is -0.0226. The molecule has 0 amide bonds. The summed E-state index contributed by atoms with van der Waals surface area (Å²) in [7, 11) is 0. The van der Waals surface area contributed by atoms with Gasteiger partial charge in [-0.05, 0) is 43.9 Å². The SMILES string of the molecule is Nc1nc(NCCCO)c2ccc(-c3ccnn3C3CCCCO3)cc2n1. The summed E-state index contributed by atoms with van der Waals surface area (Å²) in [6, 6.07) is 8.02. The lowest BCUT2D eigenvalue weighted by atomic mass is 10.1. The van der Waals surface area contributed by atoms with E-state index in [1.807, 2.05) is 28.9 Å². The van der Waals surface area contributed by atoms with Crippen LogP contribution in [0.1, 0.15) is 31.9 Å². The van der Waals surface area contributed by atoms with Crippen LogP contribution in [-0.2, 0) is 4.74 Å². The maximum atomic E-state index is 8.97. The smallest absolute Gasteiger partial charge is 0.222 e. The Morgan fingerprint density at radius 2 is 2.19 bits per heavy atom. The first kappa shape index (κ1) is 17.7. The Hall–Kier alpha value is -2.71. The lowest BCUT2D eigenvalue weighted by molar-refractivity contribution is -0.0383. The molecule has 1 aliphatic rings. The molecule has 4 rings (SSSR count). The third kappa shape index (κ3) is 3.72. The van der Waals surface area contributed by atoms with Crippen LogP contribution >= 0.6 is 0 Å². The molecule has 0 aliphatic carbocycles. The van der Waals surface area contributed by atoms with Crippen molar-refractivity contribution < 1.29 is 9.84 Å². The van der Waals surface area contributed by atoms with E-state index in [-0.39, 0.29) is 18.8 Å². The normalized spacial score (nSPS) is 17.3.